The van der Waals surface area contributed by atoms with Crippen molar-refractivity contribution in [3.63, 3.8) is 0 Å². The standard InChI is InChI=1S/C11H10F3N3O/c12-11(13,14)6-5-9(18)15-10-7-3-1-2-4-8(7)16-17-10/h1-4H,5-6H2,(H2,15,16,17,18). The highest BCUT2D eigenvalue weighted by molar-refractivity contribution is 5.99. The molecule has 0 unspecified atom stereocenters. The Labute approximate surface area is 100 Å². The number of H-pyrrole nitrogens is 1. The molecule has 2 N–H and O–H groups in total. The van der Waals surface area contributed by atoms with Gasteiger partial charge < -0.3 is 5.32 Å². The van der Waals surface area contributed by atoms with Gasteiger partial charge in [-0.15, -0.1) is 0 Å². The summed E-state index contributed by atoms with van der Waals surface area (Å²) in [6.07, 6.45) is -6.07. The number of hydrogen-bond donors (Lipinski definition) is 2. The van der Waals surface area contributed by atoms with Crippen LogP contribution in [0.25, 0.3) is 10.9 Å². The highest BCUT2D eigenvalue weighted by Gasteiger charge is 2.28. The quantitative estimate of drug-likeness (QED) is 0.888. The summed E-state index contributed by atoms with van der Waals surface area (Å²) in [5.41, 5.74) is 0.712. The van der Waals surface area contributed by atoms with E-state index in [9.17, 15) is 18.0 Å². The second-order valence-electron chi connectivity index (χ2n) is 3.78. The second-order valence-corrected chi connectivity index (χ2v) is 3.78. The molecule has 0 radical (unpaired) electrons. The number of para-hydroxylation sites is 1. The zero-order valence-electron chi connectivity index (χ0n) is 9.21. The number of alkyl halides is 3. The highest BCUT2D eigenvalue weighted by atomic mass is 19.4. The van der Waals surface area contributed by atoms with Gasteiger partial charge in [0.15, 0.2) is 5.82 Å². The van der Waals surface area contributed by atoms with E-state index >= 15 is 0 Å². The number of nitrogens with zero attached hydrogens (tertiary/aromatic N) is 1. The molecule has 1 aromatic heterocycles. The van der Waals surface area contributed by atoms with Gasteiger partial charge in [0.1, 0.15) is 0 Å². The number of nitrogens with one attached hydrogen (secondary N) is 2. The number of fused-ring (bicyclic) bond motifs is 1. The van der Waals surface area contributed by atoms with E-state index in [1.54, 1.807) is 24.3 Å². The van der Waals surface area contributed by atoms with Crippen LogP contribution in [0.5, 0.6) is 0 Å². The lowest BCUT2D eigenvalue weighted by molar-refractivity contribution is -0.142. The maximum atomic E-state index is 11.9. The van der Waals surface area contributed by atoms with E-state index in [0.29, 0.717) is 10.9 Å². The summed E-state index contributed by atoms with van der Waals surface area (Å²) >= 11 is 0. The van der Waals surface area contributed by atoms with E-state index in [1.807, 2.05) is 0 Å². The van der Waals surface area contributed by atoms with Gasteiger partial charge in [-0.2, -0.15) is 18.3 Å². The third-order valence-electron chi connectivity index (χ3n) is 2.36. The van der Waals surface area contributed by atoms with Crippen molar-refractivity contribution in [2.24, 2.45) is 0 Å². The number of amides is 1. The fourth-order valence-electron chi connectivity index (χ4n) is 1.51. The van der Waals surface area contributed by atoms with Crippen LogP contribution in [-0.2, 0) is 4.79 Å². The van der Waals surface area contributed by atoms with Gasteiger partial charge in [0.25, 0.3) is 0 Å². The van der Waals surface area contributed by atoms with Crippen molar-refractivity contribution < 1.29 is 18.0 Å². The maximum absolute atomic E-state index is 11.9. The summed E-state index contributed by atoms with van der Waals surface area (Å²) in [5, 5.41) is 9.54. The minimum Gasteiger partial charge on any atom is -0.309 e. The first-order valence-corrected chi connectivity index (χ1v) is 5.25. The van der Waals surface area contributed by atoms with Crippen LogP contribution in [0.1, 0.15) is 12.8 Å². The number of aromatic nitrogens is 2. The van der Waals surface area contributed by atoms with Gasteiger partial charge in [0.05, 0.1) is 11.9 Å². The molecule has 0 aliphatic carbocycles. The molecule has 0 fully saturated rings. The van der Waals surface area contributed by atoms with Crippen molar-refractivity contribution in [1.29, 1.82) is 0 Å². The third kappa shape index (κ3) is 2.99. The Balaban J connectivity index is 2.03. The minimum absolute atomic E-state index is 0.248. The molecule has 1 amide bonds. The van der Waals surface area contributed by atoms with Crippen LogP contribution in [0.15, 0.2) is 24.3 Å². The SMILES string of the molecule is O=C(CCC(F)(F)F)Nc1n[nH]c2ccccc12. The number of benzene rings is 1. The molecule has 18 heavy (non-hydrogen) atoms. The number of halogens is 3. The zero-order valence-corrected chi connectivity index (χ0v) is 9.21. The van der Waals surface area contributed by atoms with Gasteiger partial charge in [-0.3, -0.25) is 9.89 Å². The first-order valence-electron chi connectivity index (χ1n) is 5.25. The van der Waals surface area contributed by atoms with Gasteiger partial charge >= 0.3 is 6.18 Å². The number of aromatic amines is 1. The predicted octanol–water partition coefficient (Wildman–Crippen LogP) is 2.84. The summed E-state index contributed by atoms with van der Waals surface area (Å²) in [7, 11) is 0. The lowest BCUT2D eigenvalue weighted by Gasteiger charge is -2.05. The molecule has 2 aromatic rings. The van der Waals surface area contributed by atoms with E-state index in [4.69, 9.17) is 0 Å². The first-order chi connectivity index (χ1) is 8.46. The summed E-state index contributed by atoms with van der Waals surface area (Å²) in [4.78, 5) is 11.3. The van der Waals surface area contributed by atoms with Crippen molar-refractivity contribution in [2.45, 2.75) is 19.0 Å². The van der Waals surface area contributed by atoms with E-state index in [1.165, 1.54) is 0 Å². The van der Waals surface area contributed by atoms with E-state index in [0.717, 1.165) is 0 Å². The van der Waals surface area contributed by atoms with Crippen molar-refractivity contribution in [1.82, 2.24) is 10.2 Å². The van der Waals surface area contributed by atoms with E-state index < -0.39 is 24.9 Å². The molecule has 1 heterocycles. The molecular formula is C11H10F3N3O. The number of rotatable bonds is 3. The van der Waals surface area contributed by atoms with Crippen molar-refractivity contribution in [2.75, 3.05) is 5.32 Å². The van der Waals surface area contributed by atoms with Gasteiger partial charge in [-0.1, -0.05) is 12.1 Å². The van der Waals surface area contributed by atoms with Crippen LogP contribution in [0.2, 0.25) is 0 Å². The van der Waals surface area contributed by atoms with Crippen LogP contribution < -0.4 is 5.32 Å². The highest BCUT2D eigenvalue weighted by Crippen LogP contribution is 2.23. The fraction of sp³-hybridized carbons (Fsp3) is 0.273. The van der Waals surface area contributed by atoms with Gasteiger partial charge in [-0.25, -0.2) is 0 Å². The molecule has 2 rings (SSSR count). The average Bonchev–Trinajstić information content (AvgIpc) is 2.70. The number of carbonyl (C=O) groups is 1. The lowest BCUT2D eigenvalue weighted by Crippen LogP contribution is -2.16. The van der Waals surface area contributed by atoms with Crippen molar-refractivity contribution in [3.8, 4) is 0 Å². The van der Waals surface area contributed by atoms with Gasteiger partial charge in [0, 0.05) is 11.8 Å². The summed E-state index contributed by atoms with van der Waals surface area (Å²) in [6, 6.07) is 7.02. The van der Waals surface area contributed by atoms with Crippen LogP contribution in [0.4, 0.5) is 19.0 Å². The first kappa shape index (κ1) is 12.4. The summed E-state index contributed by atoms with van der Waals surface area (Å²) in [6.45, 7) is 0. The molecule has 0 bridgehead atoms. The normalized spacial score (nSPS) is 11.7. The molecule has 0 atom stereocenters. The zero-order chi connectivity index (χ0) is 13.2. The Bertz CT molecular complexity index is 562. The number of hydrogen-bond acceptors (Lipinski definition) is 2. The minimum atomic E-state index is -4.33. The molecule has 0 saturated carbocycles. The molecule has 1 aromatic carbocycles. The maximum Gasteiger partial charge on any atom is 0.389 e. The van der Waals surface area contributed by atoms with Gasteiger partial charge in [-0.05, 0) is 12.1 Å². The Morgan fingerprint density at radius 1 is 1.33 bits per heavy atom. The van der Waals surface area contributed by atoms with Crippen LogP contribution >= 0.6 is 0 Å². The molecule has 0 spiro atoms. The Kier molecular flexibility index (Phi) is 3.22. The molecule has 0 aliphatic heterocycles. The van der Waals surface area contributed by atoms with Crippen molar-refractivity contribution in [3.05, 3.63) is 24.3 Å². The van der Waals surface area contributed by atoms with Crippen molar-refractivity contribution >= 4 is 22.6 Å². The lowest BCUT2D eigenvalue weighted by atomic mass is 10.2. The fourth-order valence-corrected chi connectivity index (χ4v) is 1.51. The average molecular weight is 257 g/mol. The number of carbonyl (C=O) groups excluding carboxylic acids is 1. The monoisotopic (exact) mass is 257 g/mol. The van der Waals surface area contributed by atoms with Crippen LogP contribution in [0.3, 0.4) is 0 Å². The van der Waals surface area contributed by atoms with E-state index in [2.05, 4.69) is 15.5 Å². The molecule has 0 aliphatic rings. The van der Waals surface area contributed by atoms with Crippen LogP contribution in [-0.4, -0.2) is 22.3 Å². The molecular weight excluding hydrogens is 247 g/mol. The van der Waals surface area contributed by atoms with E-state index in [-0.39, 0.29) is 5.82 Å². The predicted molar refractivity (Wildman–Crippen MR) is 60.0 cm³/mol. The molecule has 96 valence electrons. The topological polar surface area (TPSA) is 57.8 Å². The molecule has 7 heteroatoms. The molecule has 4 nitrogen and oxygen atoms in total. The van der Waals surface area contributed by atoms with Crippen LogP contribution in [0, 0.1) is 0 Å². The van der Waals surface area contributed by atoms with Gasteiger partial charge in [0.2, 0.25) is 5.91 Å². The third-order valence-corrected chi connectivity index (χ3v) is 2.36. The second kappa shape index (κ2) is 4.67. The number of anilines is 1. The molecule has 0 saturated heterocycles. The Hall–Kier alpha value is -2.05. The Morgan fingerprint density at radius 3 is 2.78 bits per heavy atom. The Morgan fingerprint density at radius 2 is 2.06 bits per heavy atom. The summed E-state index contributed by atoms with van der Waals surface area (Å²) < 4.78 is 35.8. The largest absolute Gasteiger partial charge is 0.389 e. The summed E-state index contributed by atoms with van der Waals surface area (Å²) in [5.74, 6) is -0.456. The smallest absolute Gasteiger partial charge is 0.309 e.